The number of benzene rings is 1. The molecule has 1 aliphatic heterocycles. The van der Waals surface area contributed by atoms with Gasteiger partial charge in [-0.1, -0.05) is 29.8 Å². The highest BCUT2D eigenvalue weighted by Crippen LogP contribution is 2.28. The van der Waals surface area contributed by atoms with E-state index < -0.39 is 0 Å². The van der Waals surface area contributed by atoms with Gasteiger partial charge in [-0.3, -0.25) is 5.43 Å². The van der Waals surface area contributed by atoms with Gasteiger partial charge in [0.15, 0.2) is 11.5 Å². The van der Waals surface area contributed by atoms with Crippen LogP contribution in [0.5, 0.6) is 0 Å². The standard InChI is InChI=1S/C24H31N7O3/c1-17-6-5-7-19(14-17)18(2)27-28-21-15-20(30-8-11-33-12-9-30)22-23(26-21)31(16-25-22)10-13-34-24(32)29(3)4/h5-7,14-16H,8-13H2,1-4H3,(H,26,28)/b27-18+. The Morgan fingerprint density at radius 1 is 1.26 bits per heavy atom. The van der Waals surface area contributed by atoms with E-state index in [1.165, 1.54) is 10.5 Å². The van der Waals surface area contributed by atoms with E-state index in [4.69, 9.17) is 14.5 Å². The maximum absolute atomic E-state index is 11.8. The highest BCUT2D eigenvalue weighted by Gasteiger charge is 2.19. The minimum atomic E-state index is -0.380. The Labute approximate surface area is 199 Å². The van der Waals surface area contributed by atoms with E-state index in [2.05, 4.69) is 39.5 Å². The summed E-state index contributed by atoms with van der Waals surface area (Å²) in [6.45, 7) is 7.57. The summed E-state index contributed by atoms with van der Waals surface area (Å²) < 4.78 is 12.7. The molecule has 0 bridgehead atoms. The molecule has 4 rings (SSSR count). The molecular weight excluding hydrogens is 434 g/mol. The summed E-state index contributed by atoms with van der Waals surface area (Å²) in [5.74, 6) is 0.619. The Kier molecular flexibility index (Phi) is 7.27. The molecule has 1 aliphatic rings. The van der Waals surface area contributed by atoms with Crippen LogP contribution in [0.3, 0.4) is 0 Å². The van der Waals surface area contributed by atoms with Crippen molar-refractivity contribution < 1.29 is 14.3 Å². The maximum Gasteiger partial charge on any atom is 0.409 e. The Balaban J connectivity index is 1.62. The summed E-state index contributed by atoms with van der Waals surface area (Å²) in [5.41, 5.74) is 8.70. The second kappa shape index (κ2) is 10.5. The number of anilines is 2. The first-order valence-electron chi connectivity index (χ1n) is 11.3. The molecular formula is C24H31N7O3. The fraction of sp³-hybridized carbons (Fsp3) is 0.417. The molecule has 1 saturated heterocycles. The number of aromatic nitrogens is 3. The predicted molar refractivity (Wildman–Crippen MR) is 133 cm³/mol. The number of imidazole rings is 1. The van der Waals surface area contributed by atoms with Crippen molar-refractivity contribution in [3.8, 4) is 0 Å². The largest absolute Gasteiger partial charge is 0.448 e. The van der Waals surface area contributed by atoms with Crippen molar-refractivity contribution in [2.75, 3.05) is 57.3 Å². The number of carbonyl (C=O) groups excluding carboxylic acids is 1. The lowest BCUT2D eigenvalue weighted by molar-refractivity contribution is 0.115. The van der Waals surface area contributed by atoms with Crippen LogP contribution in [0, 0.1) is 6.92 Å². The number of carbonyl (C=O) groups is 1. The van der Waals surface area contributed by atoms with Crippen molar-refractivity contribution in [2.24, 2.45) is 5.10 Å². The zero-order valence-corrected chi connectivity index (χ0v) is 20.1. The molecule has 0 aliphatic carbocycles. The molecule has 0 radical (unpaired) electrons. The lowest BCUT2D eigenvalue weighted by Crippen LogP contribution is -2.36. The number of fused-ring (bicyclic) bond motifs is 1. The number of amides is 1. The fourth-order valence-corrected chi connectivity index (χ4v) is 3.72. The van der Waals surface area contributed by atoms with Gasteiger partial charge in [0.1, 0.15) is 12.1 Å². The molecule has 0 atom stereocenters. The van der Waals surface area contributed by atoms with Crippen LogP contribution in [-0.2, 0) is 16.0 Å². The lowest BCUT2D eigenvalue weighted by atomic mass is 10.1. The molecule has 10 nitrogen and oxygen atoms in total. The molecule has 0 spiro atoms. The van der Waals surface area contributed by atoms with Crippen LogP contribution in [0.2, 0.25) is 0 Å². The number of hydrazone groups is 1. The van der Waals surface area contributed by atoms with Crippen molar-refractivity contribution in [1.29, 1.82) is 0 Å². The van der Waals surface area contributed by atoms with Crippen molar-refractivity contribution in [1.82, 2.24) is 19.4 Å². The first kappa shape index (κ1) is 23.5. The quantitative estimate of drug-likeness (QED) is 0.423. The van der Waals surface area contributed by atoms with Crippen LogP contribution in [0.4, 0.5) is 16.3 Å². The minimum Gasteiger partial charge on any atom is -0.448 e. The number of nitrogens with one attached hydrogen (secondary N) is 1. The molecule has 2 aromatic heterocycles. The van der Waals surface area contributed by atoms with Gasteiger partial charge in [0.25, 0.3) is 0 Å². The fourth-order valence-electron chi connectivity index (χ4n) is 3.72. The minimum absolute atomic E-state index is 0.222. The first-order chi connectivity index (χ1) is 16.4. The second-order valence-electron chi connectivity index (χ2n) is 8.42. The number of pyridine rings is 1. The normalized spacial score (nSPS) is 14.4. The average molecular weight is 466 g/mol. The monoisotopic (exact) mass is 465 g/mol. The van der Waals surface area contributed by atoms with E-state index in [-0.39, 0.29) is 12.7 Å². The van der Waals surface area contributed by atoms with Crippen LogP contribution >= 0.6 is 0 Å². The Morgan fingerprint density at radius 2 is 2.06 bits per heavy atom. The molecule has 1 fully saturated rings. The van der Waals surface area contributed by atoms with Gasteiger partial charge in [-0.15, -0.1) is 0 Å². The van der Waals surface area contributed by atoms with Gasteiger partial charge in [0.05, 0.1) is 37.5 Å². The number of rotatable bonds is 7. The van der Waals surface area contributed by atoms with Gasteiger partial charge in [0.2, 0.25) is 0 Å². The summed E-state index contributed by atoms with van der Waals surface area (Å²) in [6.07, 6.45) is 1.35. The van der Waals surface area contributed by atoms with Gasteiger partial charge >= 0.3 is 6.09 Å². The summed E-state index contributed by atoms with van der Waals surface area (Å²) in [7, 11) is 3.31. The molecule has 1 amide bonds. The number of nitrogens with zero attached hydrogens (tertiary/aromatic N) is 6. The smallest absolute Gasteiger partial charge is 0.409 e. The van der Waals surface area contributed by atoms with Crippen LogP contribution in [0.15, 0.2) is 41.8 Å². The molecule has 1 N–H and O–H groups in total. The lowest BCUT2D eigenvalue weighted by Gasteiger charge is -2.29. The molecule has 3 aromatic rings. The second-order valence-corrected chi connectivity index (χ2v) is 8.42. The SMILES string of the molecule is C/C(=N\Nc1cc(N2CCOCC2)c2ncn(CCOC(=O)N(C)C)c2n1)c1cccc(C)c1. The molecule has 3 heterocycles. The third kappa shape index (κ3) is 5.45. The Hall–Kier alpha value is -3.66. The van der Waals surface area contributed by atoms with E-state index in [0.29, 0.717) is 31.2 Å². The van der Waals surface area contributed by atoms with E-state index >= 15 is 0 Å². The van der Waals surface area contributed by atoms with Crippen molar-refractivity contribution >= 4 is 34.5 Å². The van der Waals surface area contributed by atoms with Gasteiger partial charge < -0.3 is 23.8 Å². The average Bonchev–Trinajstić information content (AvgIpc) is 3.25. The maximum atomic E-state index is 11.8. The van der Waals surface area contributed by atoms with E-state index in [1.807, 2.05) is 29.7 Å². The summed E-state index contributed by atoms with van der Waals surface area (Å²) in [4.78, 5) is 24.8. The molecule has 10 heteroatoms. The van der Waals surface area contributed by atoms with Crippen LogP contribution in [-0.4, -0.2) is 78.2 Å². The molecule has 0 unspecified atom stereocenters. The Morgan fingerprint density at radius 3 is 2.79 bits per heavy atom. The number of hydrogen-bond acceptors (Lipinski definition) is 8. The molecule has 0 saturated carbocycles. The third-order valence-electron chi connectivity index (χ3n) is 5.60. The number of aryl methyl sites for hydroxylation is 1. The van der Waals surface area contributed by atoms with Gasteiger partial charge in [-0.25, -0.2) is 14.8 Å². The van der Waals surface area contributed by atoms with E-state index in [0.717, 1.165) is 35.6 Å². The van der Waals surface area contributed by atoms with Crippen molar-refractivity contribution in [3.63, 3.8) is 0 Å². The van der Waals surface area contributed by atoms with E-state index in [9.17, 15) is 4.79 Å². The highest BCUT2D eigenvalue weighted by molar-refractivity contribution is 5.99. The van der Waals surface area contributed by atoms with Crippen LogP contribution in [0.25, 0.3) is 11.2 Å². The molecule has 1 aromatic carbocycles. The summed E-state index contributed by atoms with van der Waals surface area (Å²) in [6, 6.07) is 10.2. The van der Waals surface area contributed by atoms with Crippen molar-refractivity contribution in [2.45, 2.75) is 20.4 Å². The number of ether oxygens (including phenoxy) is 2. The first-order valence-corrected chi connectivity index (χ1v) is 11.3. The van der Waals surface area contributed by atoms with Gasteiger partial charge in [-0.05, 0) is 19.4 Å². The van der Waals surface area contributed by atoms with E-state index in [1.54, 1.807) is 20.4 Å². The van der Waals surface area contributed by atoms with Crippen molar-refractivity contribution in [3.05, 3.63) is 47.8 Å². The topological polar surface area (TPSA) is 97.1 Å². The highest BCUT2D eigenvalue weighted by atomic mass is 16.6. The van der Waals surface area contributed by atoms with Gasteiger partial charge in [0, 0.05) is 33.3 Å². The Bertz CT molecular complexity index is 1180. The molecule has 180 valence electrons. The zero-order valence-electron chi connectivity index (χ0n) is 20.1. The summed E-state index contributed by atoms with van der Waals surface area (Å²) >= 11 is 0. The number of hydrogen-bond donors (Lipinski definition) is 1. The summed E-state index contributed by atoms with van der Waals surface area (Å²) in [5, 5.41) is 4.57. The predicted octanol–water partition coefficient (Wildman–Crippen LogP) is 3.11. The molecule has 34 heavy (non-hydrogen) atoms. The number of morpholine rings is 1. The third-order valence-corrected chi connectivity index (χ3v) is 5.60. The van der Waals surface area contributed by atoms with Gasteiger partial charge in [-0.2, -0.15) is 5.10 Å². The van der Waals surface area contributed by atoms with Crippen LogP contribution in [0.1, 0.15) is 18.1 Å². The zero-order chi connectivity index (χ0) is 24.1. The van der Waals surface area contributed by atoms with Crippen LogP contribution < -0.4 is 10.3 Å².